The molecule has 7 nitrogen and oxygen atoms in total. The predicted octanol–water partition coefficient (Wildman–Crippen LogP) is 1.90. The van der Waals surface area contributed by atoms with Gasteiger partial charge in [0.15, 0.2) is 6.61 Å². The molecule has 2 rings (SSSR count). The number of hydrogen-bond acceptors (Lipinski definition) is 5. The van der Waals surface area contributed by atoms with Crippen LogP contribution in [0.25, 0.3) is 0 Å². The van der Waals surface area contributed by atoms with Crippen molar-refractivity contribution in [1.82, 2.24) is 10.9 Å². The molecular weight excluding hydrogens is 360 g/mol. The summed E-state index contributed by atoms with van der Waals surface area (Å²) in [6.45, 7) is -0.515. The Morgan fingerprint density at radius 2 is 1.77 bits per heavy atom. The minimum atomic E-state index is -0.680. The Kier molecular flexibility index (Phi) is 6.99. The van der Waals surface area contributed by atoms with E-state index in [0.717, 1.165) is 5.56 Å². The normalized spacial score (nSPS) is 9.92. The number of halogens is 1. The highest BCUT2D eigenvalue weighted by Gasteiger charge is 2.14. The largest absolute Gasteiger partial charge is 0.496 e. The molecule has 0 radical (unpaired) electrons. The van der Waals surface area contributed by atoms with Crippen molar-refractivity contribution in [2.24, 2.45) is 0 Å². The molecule has 0 aliphatic carbocycles. The molecule has 26 heavy (non-hydrogen) atoms. The monoisotopic (exact) mass is 376 g/mol. The summed E-state index contributed by atoms with van der Waals surface area (Å²) >= 11 is 5.85. The van der Waals surface area contributed by atoms with Crippen LogP contribution in [0.15, 0.2) is 48.5 Å². The molecule has 2 aromatic carbocycles. The summed E-state index contributed by atoms with van der Waals surface area (Å²) in [6, 6.07) is 13.5. The van der Waals surface area contributed by atoms with E-state index in [1.165, 1.54) is 19.2 Å². The molecule has 0 heterocycles. The van der Waals surface area contributed by atoms with Crippen LogP contribution in [0.4, 0.5) is 0 Å². The van der Waals surface area contributed by atoms with Crippen LogP contribution in [0.5, 0.6) is 5.75 Å². The molecule has 0 saturated carbocycles. The van der Waals surface area contributed by atoms with Gasteiger partial charge in [-0.15, -0.1) is 0 Å². The Balaban J connectivity index is 1.79. The number of esters is 1. The second-order valence-electron chi connectivity index (χ2n) is 5.17. The quantitative estimate of drug-likeness (QED) is 0.593. The van der Waals surface area contributed by atoms with E-state index in [1.807, 2.05) is 6.07 Å². The van der Waals surface area contributed by atoms with Crippen LogP contribution in [0.3, 0.4) is 0 Å². The molecule has 0 atom stereocenters. The van der Waals surface area contributed by atoms with Gasteiger partial charge in [-0.2, -0.15) is 0 Å². The average molecular weight is 377 g/mol. The standard InChI is InChI=1S/C18H17ClN2O5/c1-25-15-8-7-13(19)10-14(15)18(24)21-20-16(22)11-26-17(23)9-12-5-3-2-4-6-12/h2-8,10H,9,11H2,1H3,(H,20,22)(H,21,24). The number of hydrogen-bond donors (Lipinski definition) is 2. The minimum Gasteiger partial charge on any atom is -0.496 e. The van der Waals surface area contributed by atoms with Gasteiger partial charge in [0.25, 0.3) is 11.8 Å². The molecule has 0 bridgehead atoms. The number of carbonyl (C=O) groups excluding carboxylic acids is 3. The molecule has 0 unspecified atom stereocenters. The smallest absolute Gasteiger partial charge is 0.310 e. The zero-order valence-corrected chi connectivity index (χ0v) is 14.7. The Morgan fingerprint density at radius 3 is 2.46 bits per heavy atom. The first kappa shape index (κ1) is 19.3. The van der Waals surface area contributed by atoms with Crippen molar-refractivity contribution in [1.29, 1.82) is 0 Å². The van der Waals surface area contributed by atoms with Gasteiger partial charge in [0.05, 0.1) is 19.1 Å². The van der Waals surface area contributed by atoms with Gasteiger partial charge in [0.1, 0.15) is 5.75 Å². The lowest BCUT2D eigenvalue weighted by Gasteiger charge is -2.11. The number of hydrazine groups is 1. The zero-order chi connectivity index (χ0) is 18.9. The van der Waals surface area contributed by atoms with Crippen molar-refractivity contribution >= 4 is 29.4 Å². The van der Waals surface area contributed by atoms with Crippen molar-refractivity contribution in [2.45, 2.75) is 6.42 Å². The van der Waals surface area contributed by atoms with E-state index in [0.29, 0.717) is 10.8 Å². The van der Waals surface area contributed by atoms with Gasteiger partial charge >= 0.3 is 5.97 Å². The van der Waals surface area contributed by atoms with Gasteiger partial charge in [-0.3, -0.25) is 25.2 Å². The number of benzene rings is 2. The molecule has 0 aromatic heterocycles. The third-order valence-corrected chi connectivity index (χ3v) is 3.51. The topological polar surface area (TPSA) is 93.7 Å². The molecule has 8 heteroatoms. The van der Waals surface area contributed by atoms with E-state index in [1.54, 1.807) is 30.3 Å². The molecule has 136 valence electrons. The average Bonchev–Trinajstić information content (AvgIpc) is 2.65. The van der Waals surface area contributed by atoms with Crippen LogP contribution in [0.1, 0.15) is 15.9 Å². The summed E-state index contributed by atoms with van der Waals surface area (Å²) in [5, 5.41) is 0.345. The maximum absolute atomic E-state index is 12.1. The zero-order valence-electron chi connectivity index (χ0n) is 14.0. The van der Waals surface area contributed by atoms with E-state index < -0.39 is 24.4 Å². The minimum absolute atomic E-state index is 0.0557. The SMILES string of the molecule is COc1ccc(Cl)cc1C(=O)NNC(=O)COC(=O)Cc1ccccc1. The van der Waals surface area contributed by atoms with Crippen LogP contribution >= 0.6 is 11.6 Å². The fraction of sp³-hybridized carbons (Fsp3) is 0.167. The summed E-state index contributed by atoms with van der Waals surface area (Å²) < 4.78 is 9.92. The third kappa shape index (κ3) is 5.78. The first-order chi connectivity index (χ1) is 12.5. The Hall–Kier alpha value is -3.06. The van der Waals surface area contributed by atoms with E-state index >= 15 is 0 Å². The Morgan fingerprint density at radius 1 is 1.04 bits per heavy atom. The Labute approximate surface area is 155 Å². The molecule has 0 spiro atoms. The Bertz CT molecular complexity index is 795. The van der Waals surface area contributed by atoms with E-state index in [4.69, 9.17) is 21.1 Å². The summed E-state index contributed by atoms with van der Waals surface area (Å²) in [7, 11) is 1.41. The van der Waals surface area contributed by atoms with Crippen LogP contribution in [-0.2, 0) is 20.7 Å². The molecule has 2 N–H and O–H groups in total. The maximum Gasteiger partial charge on any atom is 0.310 e. The summed E-state index contributed by atoms with van der Waals surface area (Å²) in [5.41, 5.74) is 5.29. The number of nitrogens with one attached hydrogen (secondary N) is 2. The van der Waals surface area contributed by atoms with E-state index in [9.17, 15) is 14.4 Å². The third-order valence-electron chi connectivity index (χ3n) is 3.28. The molecular formula is C18H17ClN2O5. The van der Waals surface area contributed by atoms with Crippen LogP contribution in [0, 0.1) is 0 Å². The van der Waals surface area contributed by atoms with Crippen LogP contribution < -0.4 is 15.6 Å². The molecule has 0 aliphatic rings. The highest BCUT2D eigenvalue weighted by molar-refractivity contribution is 6.31. The number of methoxy groups -OCH3 is 1. The first-order valence-corrected chi connectivity index (χ1v) is 7.99. The second-order valence-corrected chi connectivity index (χ2v) is 5.61. The molecule has 0 fully saturated rings. The van der Waals surface area contributed by atoms with E-state index in [-0.39, 0.29) is 12.0 Å². The van der Waals surface area contributed by atoms with Crippen LogP contribution in [-0.4, -0.2) is 31.5 Å². The van der Waals surface area contributed by atoms with Gasteiger partial charge in [-0.25, -0.2) is 0 Å². The summed E-state index contributed by atoms with van der Waals surface area (Å²) in [5.74, 6) is -1.54. The van der Waals surface area contributed by atoms with Gasteiger partial charge in [0, 0.05) is 5.02 Å². The summed E-state index contributed by atoms with van der Waals surface area (Å²) in [4.78, 5) is 35.5. The van der Waals surface area contributed by atoms with Crippen molar-refractivity contribution in [2.75, 3.05) is 13.7 Å². The summed E-state index contributed by atoms with van der Waals surface area (Å²) in [6.07, 6.45) is 0.0557. The number of rotatable bonds is 6. The predicted molar refractivity (Wildman–Crippen MR) is 94.7 cm³/mol. The molecule has 0 saturated heterocycles. The van der Waals surface area contributed by atoms with Gasteiger partial charge in [0.2, 0.25) is 0 Å². The highest BCUT2D eigenvalue weighted by Crippen LogP contribution is 2.22. The lowest BCUT2D eigenvalue weighted by Crippen LogP contribution is -2.43. The fourth-order valence-corrected chi connectivity index (χ4v) is 2.22. The van der Waals surface area contributed by atoms with E-state index in [2.05, 4.69) is 10.9 Å². The molecule has 0 aliphatic heterocycles. The second kappa shape index (κ2) is 9.43. The number of amides is 2. The van der Waals surface area contributed by atoms with Crippen molar-refractivity contribution < 1.29 is 23.9 Å². The number of ether oxygens (including phenoxy) is 2. The van der Waals surface area contributed by atoms with Crippen molar-refractivity contribution in [3.8, 4) is 5.75 Å². The van der Waals surface area contributed by atoms with Crippen molar-refractivity contribution in [3.63, 3.8) is 0 Å². The van der Waals surface area contributed by atoms with Crippen LogP contribution in [0.2, 0.25) is 5.02 Å². The lowest BCUT2D eigenvalue weighted by molar-refractivity contribution is -0.148. The highest BCUT2D eigenvalue weighted by atomic mass is 35.5. The first-order valence-electron chi connectivity index (χ1n) is 7.62. The van der Waals surface area contributed by atoms with Gasteiger partial charge in [-0.05, 0) is 23.8 Å². The molecule has 2 amide bonds. The van der Waals surface area contributed by atoms with Gasteiger partial charge in [-0.1, -0.05) is 41.9 Å². The fourth-order valence-electron chi connectivity index (χ4n) is 2.05. The maximum atomic E-state index is 12.1. The molecule has 2 aromatic rings. The lowest BCUT2D eigenvalue weighted by atomic mass is 10.2. The van der Waals surface area contributed by atoms with Gasteiger partial charge < -0.3 is 9.47 Å². The number of carbonyl (C=O) groups is 3. The van der Waals surface area contributed by atoms with Crippen molar-refractivity contribution in [3.05, 3.63) is 64.7 Å².